The minimum atomic E-state index is -3.51. The summed E-state index contributed by atoms with van der Waals surface area (Å²) < 4.78 is 43.3. The zero-order valence-corrected chi connectivity index (χ0v) is 19.0. The first-order valence-corrected chi connectivity index (χ1v) is 12.3. The van der Waals surface area contributed by atoms with Gasteiger partial charge >= 0.3 is 0 Å². The Morgan fingerprint density at radius 1 is 1.06 bits per heavy atom. The number of methoxy groups -OCH3 is 1. The zero-order valence-electron chi connectivity index (χ0n) is 17.4. The van der Waals surface area contributed by atoms with Crippen LogP contribution in [-0.2, 0) is 14.8 Å². The van der Waals surface area contributed by atoms with Crippen LogP contribution < -0.4 is 9.47 Å². The van der Waals surface area contributed by atoms with Crippen LogP contribution in [0.1, 0.15) is 6.92 Å². The van der Waals surface area contributed by atoms with E-state index in [2.05, 4.69) is 0 Å². The molecule has 0 saturated carbocycles. The molecule has 4 rings (SSSR count). The van der Waals surface area contributed by atoms with Crippen LogP contribution in [0.15, 0.2) is 52.7 Å². The molecule has 0 unspecified atom stereocenters. The van der Waals surface area contributed by atoms with Crippen molar-refractivity contribution in [2.75, 3.05) is 40.0 Å². The van der Waals surface area contributed by atoms with E-state index in [1.54, 1.807) is 31.4 Å². The van der Waals surface area contributed by atoms with Gasteiger partial charge < -0.3 is 14.2 Å². The Bertz CT molecular complexity index is 1140. The van der Waals surface area contributed by atoms with Crippen LogP contribution in [0.25, 0.3) is 21.8 Å². The standard InChI is InChI=1S/C22H24N2O5S2/c1-3-29-20-9-6-17(14-21(20)27-2)22-23-19(15-30-22)16-4-7-18(8-5-16)31(25,26)24-10-12-28-13-11-24/h4-9,14-15H,3,10-13H2,1-2H3. The van der Waals surface area contributed by atoms with Gasteiger partial charge in [0.15, 0.2) is 11.5 Å². The molecule has 0 atom stereocenters. The third kappa shape index (κ3) is 4.59. The van der Waals surface area contributed by atoms with Gasteiger partial charge in [-0.1, -0.05) is 12.1 Å². The third-order valence-electron chi connectivity index (χ3n) is 4.97. The second-order valence-corrected chi connectivity index (χ2v) is 9.67. The molecule has 3 aromatic rings. The number of aromatic nitrogens is 1. The van der Waals surface area contributed by atoms with Gasteiger partial charge in [-0.25, -0.2) is 13.4 Å². The Kier molecular flexibility index (Phi) is 6.57. The Hall–Kier alpha value is -2.46. The Labute approximate surface area is 186 Å². The van der Waals surface area contributed by atoms with Gasteiger partial charge in [0.25, 0.3) is 0 Å². The largest absolute Gasteiger partial charge is 0.493 e. The first kappa shape index (κ1) is 21.8. The Morgan fingerprint density at radius 2 is 1.77 bits per heavy atom. The smallest absolute Gasteiger partial charge is 0.243 e. The van der Waals surface area contributed by atoms with Gasteiger partial charge in [0.2, 0.25) is 10.0 Å². The molecule has 0 amide bonds. The van der Waals surface area contributed by atoms with E-state index in [0.29, 0.717) is 44.4 Å². The van der Waals surface area contributed by atoms with Crippen LogP contribution in [0.3, 0.4) is 0 Å². The second-order valence-electron chi connectivity index (χ2n) is 6.88. The summed E-state index contributed by atoms with van der Waals surface area (Å²) in [7, 11) is -1.89. The van der Waals surface area contributed by atoms with E-state index < -0.39 is 10.0 Å². The maximum atomic E-state index is 12.8. The molecule has 9 heteroatoms. The molecule has 1 fully saturated rings. The molecule has 1 aromatic heterocycles. The fraction of sp³-hybridized carbons (Fsp3) is 0.318. The predicted molar refractivity (Wildman–Crippen MR) is 120 cm³/mol. The normalized spacial score (nSPS) is 15.0. The lowest BCUT2D eigenvalue weighted by molar-refractivity contribution is 0.0730. The Balaban J connectivity index is 1.55. The number of hydrogen-bond donors (Lipinski definition) is 0. The van der Waals surface area contributed by atoms with E-state index in [4.69, 9.17) is 19.2 Å². The van der Waals surface area contributed by atoms with Gasteiger partial charge in [-0.15, -0.1) is 11.3 Å². The molecule has 7 nitrogen and oxygen atoms in total. The van der Waals surface area contributed by atoms with Gasteiger partial charge in [0, 0.05) is 29.6 Å². The highest BCUT2D eigenvalue weighted by Crippen LogP contribution is 2.35. The number of sulfonamides is 1. The number of hydrogen-bond acceptors (Lipinski definition) is 7. The molecule has 0 N–H and O–H groups in total. The maximum Gasteiger partial charge on any atom is 0.243 e. The van der Waals surface area contributed by atoms with E-state index in [1.165, 1.54) is 15.6 Å². The number of ether oxygens (including phenoxy) is 3. The summed E-state index contributed by atoms with van der Waals surface area (Å²) >= 11 is 1.52. The van der Waals surface area contributed by atoms with Crippen molar-refractivity contribution in [2.45, 2.75) is 11.8 Å². The van der Waals surface area contributed by atoms with E-state index in [-0.39, 0.29) is 4.90 Å². The highest BCUT2D eigenvalue weighted by molar-refractivity contribution is 7.89. The molecule has 31 heavy (non-hydrogen) atoms. The monoisotopic (exact) mass is 460 g/mol. The highest BCUT2D eigenvalue weighted by Gasteiger charge is 2.26. The molecule has 0 bridgehead atoms. The minimum Gasteiger partial charge on any atom is -0.493 e. The van der Waals surface area contributed by atoms with Crippen molar-refractivity contribution in [3.05, 3.63) is 47.8 Å². The number of rotatable bonds is 7. The van der Waals surface area contributed by atoms with Crippen molar-refractivity contribution in [3.8, 4) is 33.3 Å². The van der Waals surface area contributed by atoms with Crippen LogP contribution in [0.5, 0.6) is 11.5 Å². The number of morpholine rings is 1. The van der Waals surface area contributed by atoms with Crippen LogP contribution in [-0.4, -0.2) is 57.7 Å². The van der Waals surface area contributed by atoms with Gasteiger partial charge in [0.05, 0.1) is 37.5 Å². The third-order valence-corrected chi connectivity index (χ3v) is 7.78. The van der Waals surface area contributed by atoms with Crippen molar-refractivity contribution < 1.29 is 22.6 Å². The van der Waals surface area contributed by atoms with E-state index in [1.807, 2.05) is 30.5 Å². The summed E-state index contributed by atoms with van der Waals surface area (Å²) in [5.41, 5.74) is 2.59. The van der Waals surface area contributed by atoms with E-state index in [9.17, 15) is 8.42 Å². The average molecular weight is 461 g/mol. The highest BCUT2D eigenvalue weighted by atomic mass is 32.2. The van der Waals surface area contributed by atoms with Gasteiger partial charge in [-0.2, -0.15) is 4.31 Å². The van der Waals surface area contributed by atoms with Crippen molar-refractivity contribution in [2.24, 2.45) is 0 Å². The van der Waals surface area contributed by atoms with E-state index in [0.717, 1.165) is 21.8 Å². The number of thiazole rings is 1. The summed E-state index contributed by atoms with van der Waals surface area (Å²) in [6.07, 6.45) is 0. The van der Waals surface area contributed by atoms with Crippen LogP contribution >= 0.6 is 11.3 Å². The maximum absolute atomic E-state index is 12.8. The Morgan fingerprint density at radius 3 is 2.45 bits per heavy atom. The molecule has 1 saturated heterocycles. The molecule has 1 aliphatic rings. The van der Waals surface area contributed by atoms with Gasteiger partial charge in [-0.05, 0) is 37.3 Å². The fourth-order valence-corrected chi connectivity index (χ4v) is 5.58. The lowest BCUT2D eigenvalue weighted by Gasteiger charge is -2.26. The van der Waals surface area contributed by atoms with Crippen molar-refractivity contribution in [1.82, 2.24) is 9.29 Å². The van der Waals surface area contributed by atoms with Crippen LogP contribution in [0.2, 0.25) is 0 Å². The van der Waals surface area contributed by atoms with E-state index >= 15 is 0 Å². The first-order valence-electron chi connectivity index (χ1n) is 9.98. The van der Waals surface area contributed by atoms with Crippen molar-refractivity contribution in [1.29, 1.82) is 0 Å². The molecule has 0 spiro atoms. The quantitative estimate of drug-likeness (QED) is 0.532. The summed E-state index contributed by atoms with van der Waals surface area (Å²) in [5, 5.41) is 2.81. The average Bonchev–Trinajstić information content (AvgIpc) is 3.30. The molecule has 1 aliphatic heterocycles. The minimum absolute atomic E-state index is 0.282. The molecular formula is C22H24N2O5S2. The topological polar surface area (TPSA) is 78.0 Å². The van der Waals surface area contributed by atoms with Crippen molar-refractivity contribution in [3.63, 3.8) is 0 Å². The summed E-state index contributed by atoms with van der Waals surface area (Å²) in [6.45, 7) is 4.10. The number of benzene rings is 2. The SMILES string of the molecule is CCOc1ccc(-c2nc(-c3ccc(S(=O)(=O)N4CCOCC4)cc3)cs2)cc1OC. The van der Waals surface area contributed by atoms with Crippen molar-refractivity contribution >= 4 is 21.4 Å². The molecule has 0 aliphatic carbocycles. The molecular weight excluding hydrogens is 436 g/mol. The van der Waals surface area contributed by atoms with Gasteiger partial charge in [0.1, 0.15) is 5.01 Å². The van der Waals surface area contributed by atoms with Crippen LogP contribution in [0.4, 0.5) is 0 Å². The second kappa shape index (κ2) is 9.35. The molecule has 164 valence electrons. The van der Waals surface area contributed by atoms with Crippen LogP contribution in [0, 0.1) is 0 Å². The predicted octanol–water partition coefficient (Wildman–Crippen LogP) is 3.91. The first-order chi connectivity index (χ1) is 15.0. The molecule has 2 heterocycles. The van der Waals surface area contributed by atoms with Gasteiger partial charge in [-0.3, -0.25) is 0 Å². The fourth-order valence-electron chi connectivity index (χ4n) is 3.35. The summed E-state index contributed by atoms with van der Waals surface area (Å²) in [4.78, 5) is 5.01. The summed E-state index contributed by atoms with van der Waals surface area (Å²) in [6, 6.07) is 12.6. The lowest BCUT2D eigenvalue weighted by Crippen LogP contribution is -2.40. The molecule has 0 radical (unpaired) electrons. The summed E-state index contributed by atoms with van der Waals surface area (Å²) in [5.74, 6) is 1.36. The lowest BCUT2D eigenvalue weighted by atomic mass is 10.2. The molecule has 2 aromatic carbocycles. The number of nitrogens with zero attached hydrogens (tertiary/aromatic N) is 2. The zero-order chi connectivity index (χ0) is 21.8.